The van der Waals surface area contributed by atoms with Crippen LogP contribution in [0.1, 0.15) is 12.6 Å². The van der Waals surface area contributed by atoms with Gasteiger partial charge < -0.3 is 5.73 Å². The van der Waals surface area contributed by atoms with Crippen LogP contribution in [0.2, 0.25) is 0 Å². The molecule has 1 rings (SSSR count). The molecule has 1 aromatic rings. The number of hydrogen-bond donors (Lipinski definition) is 1. The second kappa shape index (κ2) is 5.22. The lowest BCUT2D eigenvalue weighted by Crippen LogP contribution is -2.15. The summed E-state index contributed by atoms with van der Waals surface area (Å²) in [6.07, 6.45) is 2.40. The fourth-order valence-corrected chi connectivity index (χ4v) is 1.84. The number of aromatic nitrogens is 3. The number of aryl methyl sites for hydroxylation is 1. The number of sulfone groups is 1. The Morgan fingerprint density at radius 3 is 2.87 bits per heavy atom. The molecule has 0 saturated carbocycles. The highest BCUT2D eigenvalue weighted by Crippen LogP contribution is 1.96. The van der Waals surface area contributed by atoms with Crippen LogP contribution in [0.25, 0.3) is 0 Å². The number of nitrogens with zero attached hydrogens (tertiary/aromatic N) is 3. The molecule has 0 spiro atoms. The standard InChI is InChI=1S/C8H16N4O2S/c1-2-15(13,14)6-5-12-7-8(3-4-9)10-11-12/h7H,2-6,9H2,1H3. The molecule has 6 nitrogen and oxygen atoms in total. The molecule has 0 radical (unpaired) electrons. The lowest BCUT2D eigenvalue weighted by Gasteiger charge is -2.00. The highest BCUT2D eigenvalue weighted by atomic mass is 32.2. The van der Waals surface area contributed by atoms with Gasteiger partial charge in [-0.25, -0.2) is 8.42 Å². The van der Waals surface area contributed by atoms with Crippen LogP contribution in [0.3, 0.4) is 0 Å². The minimum absolute atomic E-state index is 0.106. The van der Waals surface area contributed by atoms with E-state index < -0.39 is 9.84 Å². The first kappa shape index (κ1) is 12.1. The molecular formula is C8H16N4O2S. The minimum atomic E-state index is -2.93. The Bertz CT molecular complexity index is 399. The van der Waals surface area contributed by atoms with Crippen molar-refractivity contribution >= 4 is 9.84 Å². The summed E-state index contributed by atoms with van der Waals surface area (Å²) in [5.74, 6) is 0.270. The first-order chi connectivity index (χ1) is 7.07. The zero-order valence-electron chi connectivity index (χ0n) is 8.76. The average Bonchev–Trinajstić information content (AvgIpc) is 2.64. The van der Waals surface area contributed by atoms with Crippen molar-refractivity contribution in [3.63, 3.8) is 0 Å². The number of rotatable bonds is 6. The van der Waals surface area contributed by atoms with Gasteiger partial charge in [0.2, 0.25) is 0 Å². The van der Waals surface area contributed by atoms with Gasteiger partial charge in [-0.2, -0.15) is 0 Å². The number of nitrogens with two attached hydrogens (primary N) is 1. The maximum atomic E-state index is 11.2. The van der Waals surface area contributed by atoms with Gasteiger partial charge in [-0.15, -0.1) is 5.10 Å². The van der Waals surface area contributed by atoms with Crippen molar-refractivity contribution < 1.29 is 8.42 Å². The Morgan fingerprint density at radius 1 is 1.53 bits per heavy atom. The van der Waals surface area contributed by atoms with Crippen LogP contribution in [0, 0.1) is 0 Å². The second-order valence-electron chi connectivity index (χ2n) is 3.25. The topological polar surface area (TPSA) is 90.9 Å². The van der Waals surface area contributed by atoms with Crippen molar-refractivity contribution in [3.05, 3.63) is 11.9 Å². The van der Waals surface area contributed by atoms with Gasteiger partial charge in [0.15, 0.2) is 9.84 Å². The van der Waals surface area contributed by atoms with Crippen molar-refractivity contribution in [3.8, 4) is 0 Å². The third-order valence-electron chi connectivity index (χ3n) is 2.06. The minimum Gasteiger partial charge on any atom is -0.330 e. The molecule has 0 aromatic carbocycles. The molecule has 0 saturated heterocycles. The summed E-state index contributed by atoms with van der Waals surface area (Å²) in [7, 11) is -2.93. The van der Waals surface area contributed by atoms with Gasteiger partial charge >= 0.3 is 0 Å². The highest BCUT2D eigenvalue weighted by Gasteiger charge is 2.08. The Hall–Kier alpha value is -0.950. The van der Waals surface area contributed by atoms with Crippen molar-refractivity contribution in [2.24, 2.45) is 5.73 Å². The molecule has 0 aliphatic heterocycles. The lowest BCUT2D eigenvalue weighted by molar-refractivity contribution is 0.576. The van der Waals surface area contributed by atoms with Crippen LogP contribution in [0.4, 0.5) is 0 Å². The quantitative estimate of drug-likeness (QED) is 0.694. The molecule has 15 heavy (non-hydrogen) atoms. The van der Waals surface area contributed by atoms with Crippen molar-refractivity contribution in [1.29, 1.82) is 0 Å². The summed E-state index contributed by atoms with van der Waals surface area (Å²) in [5, 5.41) is 7.69. The van der Waals surface area contributed by atoms with E-state index in [1.165, 1.54) is 4.68 Å². The van der Waals surface area contributed by atoms with Crippen LogP contribution in [-0.2, 0) is 22.8 Å². The van der Waals surface area contributed by atoms with Crippen molar-refractivity contribution in [2.75, 3.05) is 18.1 Å². The third kappa shape index (κ3) is 3.96. The fourth-order valence-electron chi connectivity index (χ4n) is 1.09. The Kier molecular flexibility index (Phi) is 4.22. The van der Waals surface area contributed by atoms with E-state index in [9.17, 15) is 8.42 Å². The van der Waals surface area contributed by atoms with Crippen LogP contribution < -0.4 is 5.73 Å². The highest BCUT2D eigenvalue weighted by molar-refractivity contribution is 7.91. The normalized spacial score (nSPS) is 11.9. The largest absolute Gasteiger partial charge is 0.330 e. The molecule has 1 aromatic heterocycles. The summed E-state index contributed by atoms with van der Waals surface area (Å²) in [6.45, 7) is 2.51. The fraction of sp³-hybridized carbons (Fsp3) is 0.750. The van der Waals surface area contributed by atoms with E-state index in [2.05, 4.69) is 10.3 Å². The molecule has 0 bridgehead atoms. The molecule has 0 aliphatic carbocycles. The van der Waals surface area contributed by atoms with Gasteiger partial charge in [-0.05, 0) is 6.54 Å². The van der Waals surface area contributed by atoms with E-state index in [-0.39, 0.29) is 11.5 Å². The van der Waals surface area contributed by atoms with Crippen LogP contribution in [0.5, 0.6) is 0 Å². The molecule has 0 aliphatic rings. The van der Waals surface area contributed by atoms with Crippen molar-refractivity contribution in [2.45, 2.75) is 19.9 Å². The van der Waals surface area contributed by atoms with Gasteiger partial charge in [0, 0.05) is 18.4 Å². The summed E-state index contributed by atoms with van der Waals surface area (Å²) in [4.78, 5) is 0. The van der Waals surface area contributed by atoms with Gasteiger partial charge in [0.1, 0.15) is 0 Å². The lowest BCUT2D eigenvalue weighted by atomic mass is 10.3. The van der Waals surface area contributed by atoms with Crippen LogP contribution >= 0.6 is 0 Å². The Balaban J connectivity index is 2.51. The maximum Gasteiger partial charge on any atom is 0.151 e. The van der Waals surface area contributed by atoms with E-state index in [1.807, 2.05) is 0 Å². The van der Waals surface area contributed by atoms with Gasteiger partial charge in [-0.3, -0.25) is 4.68 Å². The summed E-state index contributed by atoms with van der Waals surface area (Å²) < 4.78 is 24.0. The molecule has 2 N–H and O–H groups in total. The van der Waals surface area contributed by atoms with Gasteiger partial charge in [0.25, 0.3) is 0 Å². The van der Waals surface area contributed by atoms with E-state index in [1.54, 1.807) is 13.1 Å². The van der Waals surface area contributed by atoms with Crippen molar-refractivity contribution in [1.82, 2.24) is 15.0 Å². The van der Waals surface area contributed by atoms with E-state index in [0.717, 1.165) is 5.69 Å². The summed E-state index contributed by atoms with van der Waals surface area (Å²) in [6, 6.07) is 0. The van der Waals surface area contributed by atoms with E-state index in [4.69, 9.17) is 5.73 Å². The predicted molar refractivity (Wildman–Crippen MR) is 57.1 cm³/mol. The maximum absolute atomic E-state index is 11.2. The molecule has 86 valence electrons. The Morgan fingerprint density at radius 2 is 2.27 bits per heavy atom. The van der Waals surface area contributed by atoms with Gasteiger partial charge in [-0.1, -0.05) is 12.1 Å². The molecule has 0 unspecified atom stereocenters. The molecule has 0 atom stereocenters. The zero-order chi connectivity index (χ0) is 11.3. The average molecular weight is 232 g/mol. The first-order valence-corrected chi connectivity index (χ1v) is 6.69. The number of hydrogen-bond acceptors (Lipinski definition) is 5. The molecule has 0 amide bonds. The molecular weight excluding hydrogens is 216 g/mol. The molecule has 0 fully saturated rings. The SMILES string of the molecule is CCS(=O)(=O)CCn1cc(CCN)nn1. The summed E-state index contributed by atoms with van der Waals surface area (Å²) in [5.41, 5.74) is 6.16. The van der Waals surface area contributed by atoms with Crippen LogP contribution in [0.15, 0.2) is 6.20 Å². The smallest absolute Gasteiger partial charge is 0.151 e. The molecule has 7 heteroatoms. The summed E-state index contributed by atoms with van der Waals surface area (Å²) >= 11 is 0. The first-order valence-electron chi connectivity index (χ1n) is 4.87. The van der Waals surface area contributed by atoms with Gasteiger partial charge in [0.05, 0.1) is 18.0 Å². The second-order valence-corrected chi connectivity index (χ2v) is 5.72. The monoisotopic (exact) mass is 232 g/mol. The third-order valence-corrected chi connectivity index (χ3v) is 3.74. The Labute approximate surface area is 89.4 Å². The van der Waals surface area contributed by atoms with E-state index in [0.29, 0.717) is 19.5 Å². The molecule has 1 heterocycles. The predicted octanol–water partition coefficient (Wildman–Crippen LogP) is -0.786. The van der Waals surface area contributed by atoms with Crippen LogP contribution in [-0.4, -0.2) is 41.5 Å². The van der Waals surface area contributed by atoms with E-state index >= 15 is 0 Å². The zero-order valence-corrected chi connectivity index (χ0v) is 9.57.